The fourth-order valence-electron chi connectivity index (χ4n) is 3.83. The van der Waals surface area contributed by atoms with E-state index in [9.17, 15) is 9.18 Å². The first-order chi connectivity index (χ1) is 13.1. The van der Waals surface area contributed by atoms with Crippen molar-refractivity contribution in [1.82, 2.24) is 15.2 Å². The predicted octanol–water partition coefficient (Wildman–Crippen LogP) is 2.59. The van der Waals surface area contributed by atoms with Crippen LogP contribution in [0.25, 0.3) is 10.9 Å². The van der Waals surface area contributed by atoms with E-state index in [0.717, 1.165) is 54.6 Å². The van der Waals surface area contributed by atoms with E-state index in [0.29, 0.717) is 5.56 Å². The molecule has 1 saturated heterocycles. The van der Waals surface area contributed by atoms with E-state index in [2.05, 4.69) is 21.3 Å². The minimum atomic E-state index is -0.420. The van der Waals surface area contributed by atoms with Crippen molar-refractivity contribution in [3.63, 3.8) is 0 Å². The summed E-state index contributed by atoms with van der Waals surface area (Å²) in [5.41, 5.74) is 9.25. The molecule has 4 rings (SSSR count). The van der Waals surface area contributed by atoms with Crippen LogP contribution in [0.1, 0.15) is 27.5 Å². The van der Waals surface area contributed by atoms with Gasteiger partial charge in [0.15, 0.2) is 0 Å². The first-order valence-electron chi connectivity index (χ1n) is 9.22. The number of nitrogens with two attached hydrogens (primary N) is 1. The van der Waals surface area contributed by atoms with Crippen LogP contribution in [-0.4, -0.2) is 42.0 Å². The van der Waals surface area contributed by atoms with Crippen LogP contribution in [0.5, 0.6) is 0 Å². The molecule has 1 aromatic heterocycles. The lowest BCUT2D eigenvalue weighted by molar-refractivity contribution is 0.100. The van der Waals surface area contributed by atoms with E-state index in [-0.39, 0.29) is 11.9 Å². The molecule has 2 aromatic carbocycles. The number of halogens is 1. The summed E-state index contributed by atoms with van der Waals surface area (Å²) in [6.07, 6.45) is 2.58. The van der Waals surface area contributed by atoms with Crippen LogP contribution in [0, 0.1) is 5.82 Å². The molecule has 140 valence electrons. The number of H-pyrrole nitrogens is 1. The van der Waals surface area contributed by atoms with E-state index in [1.165, 1.54) is 12.1 Å². The molecule has 1 amide bonds. The maximum Gasteiger partial charge on any atom is 0.250 e. The third kappa shape index (κ3) is 3.72. The molecule has 6 heteroatoms. The van der Waals surface area contributed by atoms with Crippen LogP contribution < -0.4 is 11.1 Å². The minimum Gasteiger partial charge on any atom is -0.366 e. The fraction of sp³-hybridized carbons (Fsp3) is 0.286. The standard InChI is InChI=1S/C21H23FN4O/c22-15-6-4-14(5-7-15)8-10-26-11-9-24-19(13-26)17-3-1-2-16-18(21(23)27)12-25-20(16)17/h1-7,12,19,24-25H,8-11,13H2,(H2,23,27). The van der Waals surface area contributed by atoms with Gasteiger partial charge in [0.05, 0.1) is 11.1 Å². The van der Waals surface area contributed by atoms with Crippen molar-refractivity contribution in [2.24, 2.45) is 5.73 Å². The highest BCUT2D eigenvalue weighted by Crippen LogP contribution is 2.27. The van der Waals surface area contributed by atoms with Crippen molar-refractivity contribution in [3.05, 3.63) is 71.2 Å². The van der Waals surface area contributed by atoms with Crippen molar-refractivity contribution in [1.29, 1.82) is 0 Å². The number of amides is 1. The predicted molar refractivity (Wildman–Crippen MR) is 104 cm³/mol. The highest BCUT2D eigenvalue weighted by molar-refractivity contribution is 6.06. The fourth-order valence-corrected chi connectivity index (χ4v) is 3.83. The van der Waals surface area contributed by atoms with Gasteiger partial charge in [-0.1, -0.05) is 30.3 Å². The molecule has 0 spiro atoms. The van der Waals surface area contributed by atoms with Gasteiger partial charge in [-0.25, -0.2) is 4.39 Å². The Balaban J connectivity index is 1.49. The van der Waals surface area contributed by atoms with Gasteiger partial charge in [0, 0.05) is 43.8 Å². The number of nitrogens with one attached hydrogen (secondary N) is 2. The molecule has 0 aliphatic carbocycles. The van der Waals surface area contributed by atoms with Crippen LogP contribution >= 0.6 is 0 Å². The maximum atomic E-state index is 13.0. The highest BCUT2D eigenvalue weighted by atomic mass is 19.1. The molecular formula is C21H23FN4O. The Kier molecular flexibility index (Phi) is 4.92. The average molecular weight is 366 g/mol. The zero-order valence-electron chi connectivity index (χ0n) is 15.0. The molecule has 27 heavy (non-hydrogen) atoms. The first-order valence-corrected chi connectivity index (χ1v) is 9.22. The summed E-state index contributed by atoms with van der Waals surface area (Å²) in [5.74, 6) is -0.619. The van der Waals surface area contributed by atoms with Crippen molar-refractivity contribution < 1.29 is 9.18 Å². The van der Waals surface area contributed by atoms with Gasteiger partial charge < -0.3 is 16.0 Å². The molecule has 4 N–H and O–H groups in total. The summed E-state index contributed by atoms with van der Waals surface area (Å²) in [7, 11) is 0. The number of benzene rings is 2. The van der Waals surface area contributed by atoms with Gasteiger partial charge >= 0.3 is 0 Å². The van der Waals surface area contributed by atoms with Crippen LogP contribution in [0.15, 0.2) is 48.7 Å². The number of rotatable bonds is 5. The molecule has 0 radical (unpaired) electrons. The lowest BCUT2D eigenvalue weighted by Gasteiger charge is -2.34. The third-order valence-electron chi connectivity index (χ3n) is 5.28. The number of aromatic amines is 1. The Hall–Kier alpha value is -2.70. The van der Waals surface area contributed by atoms with E-state index in [4.69, 9.17) is 5.73 Å². The van der Waals surface area contributed by atoms with Gasteiger partial charge in [0.2, 0.25) is 0 Å². The number of aromatic nitrogens is 1. The van der Waals surface area contributed by atoms with E-state index in [1.54, 1.807) is 6.20 Å². The molecule has 2 heterocycles. The smallest absolute Gasteiger partial charge is 0.250 e. The number of piperazine rings is 1. The number of hydrogen-bond acceptors (Lipinski definition) is 3. The second kappa shape index (κ2) is 7.50. The first kappa shape index (κ1) is 17.7. The number of nitrogens with zero attached hydrogens (tertiary/aromatic N) is 1. The molecule has 1 unspecified atom stereocenters. The van der Waals surface area contributed by atoms with Crippen molar-refractivity contribution >= 4 is 16.8 Å². The lowest BCUT2D eigenvalue weighted by atomic mass is 10.00. The normalized spacial score (nSPS) is 18.0. The zero-order valence-corrected chi connectivity index (χ0v) is 15.0. The Morgan fingerprint density at radius 2 is 2.04 bits per heavy atom. The topological polar surface area (TPSA) is 74.2 Å². The van der Waals surface area contributed by atoms with E-state index < -0.39 is 5.91 Å². The Morgan fingerprint density at radius 3 is 2.81 bits per heavy atom. The molecule has 1 atom stereocenters. The summed E-state index contributed by atoms with van der Waals surface area (Å²) in [5, 5.41) is 4.44. The molecular weight excluding hydrogens is 343 g/mol. The van der Waals surface area contributed by atoms with Crippen LogP contribution in [0.3, 0.4) is 0 Å². The van der Waals surface area contributed by atoms with E-state index >= 15 is 0 Å². The molecule has 1 aliphatic heterocycles. The van der Waals surface area contributed by atoms with E-state index in [1.807, 2.05) is 24.3 Å². The monoisotopic (exact) mass is 366 g/mol. The number of carbonyl (C=O) groups excluding carboxylic acids is 1. The lowest BCUT2D eigenvalue weighted by Crippen LogP contribution is -2.46. The number of para-hydroxylation sites is 1. The summed E-state index contributed by atoms with van der Waals surface area (Å²) in [6, 6.07) is 12.9. The second-order valence-electron chi connectivity index (χ2n) is 7.02. The zero-order chi connectivity index (χ0) is 18.8. The van der Waals surface area contributed by atoms with Crippen molar-refractivity contribution in [2.45, 2.75) is 12.5 Å². The Bertz CT molecular complexity index is 950. The average Bonchev–Trinajstić information content (AvgIpc) is 3.12. The van der Waals surface area contributed by atoms with Gasteiger partial charge in [-0.15, -0.1) is 0 Å². The van der Waals surface area contributed by atoms with Gasteiger partial charge in [0.1, 0.15) is 5.82 Å². The van der Waals surface area contributed by atoms with Crippen LogP contribution in [-0.2, 0) is 6.42 Å². The third-order valence-corrected chi connectivity index (χ3v) is 5.28. The molecule has 0 saturated carbocycles. The number of fused-ring (bicyclic) bond motifs is 1. The summed E-state index contributed by atoms with van der Waals surface area (Å²) >= 11 is 0. The molecule has 1 fully saturated rings. The van der Waals surface area contributed by atoms with Crippen LogP contribution in [0.2, 0.25) is 0 Å². The molecule has 3 aromatic rings. The number of primary amides is 1. The van der Waals surface area contributed by atoms with Gasteiger partial charge in [0.25, 0.3) is 5.91 Å². The Morgan fingerprint density at radius 1 is 1.22 bits per heavy atom. The maximum absolute atomic E-state index is 13.0. The summed E-state index contributed by atoms with van der Waals surface area (Å²) < 4.78 is 13.0. The largest absolute Gasteiger partial charge is 0.366 e. The van der Waals surface area contributed by atoms with Gasteiger partial charge in [-0.2, -0.15) is 0 Å². The highest BCUT2D eigenvalue weighted by Gasteiger charge is 2.23. The van der Waals surface area contributed by atoms with Gasteiger partial charge in [-0.05, 0) is 29.7 Å². The number of carbonyl (C=O) groups is 1. The van der Waals surface area contributed by atoms with Crippen molar-refractivity contribution in [3.8, 4) is 0 Å². The Labute approximate surface area is 157 Å². The van der Waals surface area contributed by atoms with Crippen molar-refractivity contribution in [2.75, 3.05) is 26.2 Å². The molecule has 5 nitrogen and oxygen atoms in total. The molecule has 1 aliphatic rings. The van der Waals surface area contributed by atoms with Crippen LogP contribution in [0.4, 0.5) is 4.39 Å². The number of hydrogen-bond donors (Lipinski definition) is 3. The second-order valence-corrected chi connectivity index (χ2v) is 7.02. The summed E-state index contributed by atoms with van der Waals surface area (Å²) in [6.45, 7) is 3.68. The minimum absolute atomic E-state index is 0.176. The summed E-state index contributed by atoms with van der Waals surface area (Å²) in [4.78, 5) is 17.2. The SMILES string of the molecule is NC(=O)c1c[nH]c2c(C3CN(CCc4ccc(F)cc4)CCN3)cccc12. The quantitative estimate of drug-likeness (QED) is 0.650. The van der Waals surface area contributed by atoms with Gasteiger partial charge in [-0.3, -0.25) is 9.69 Å². The molecule has 0 bridgehead atoms.